The number of phenolic OH excluding ortho intramolecular Hbond substituents is 1. The largest absolute Gasteiger partial charge is 0.504 e. The van der Waals surface area contributed by atoms with Gasteiger partial charge >= 0.3 is 5.97 Å². The van der Waals surface area contributed by atoms with E-state index in [-0.39, 0.29) is 11.3 Å². The molecule has 39 heavy (non-hydrogen) atoms. The number of unbranched alkanes of at least 4 members (excludes halogenated alkanes) is 17. The SMILES string of the molecule is CCCCCCCCCCOc1c(O)c(O)c(C(=O)O)c(CCCCCC)c1OCCCCCCCCCC. The standard InChI is InChI=1S/C33H58O6/c1-4-7-10-13-15-17-19-22-25-38-31-27(24-21-12-9-6-3)28(33(36)37)29(34)30(35)32(31)39-26-23-20-18-16-14-11-8-5-2/h34-35H,4-26H2,1-3H3,(H,36,37). The minimum absolute atomic E-state index is 0.0884. The van der Waals surface area contributed by atoms with Gasteiger partial charge in [0.05, 0.1) is 13.2 Å². The number of ether oxygens (including phenoxy) is 2. The number of phenols is 2. The van der Waals surface area contributed by atoms with E-state index >= 15 is 0 Å². The molecule has 0 aliphatic carbocycles. The summed E-state index contributed by atoms with van der Waals surface area (Å²) in [5, 5.41) is 31.4. The molecule has 0 heterocycles. The molecule has 0 atom stereocenters. The number of hydrogen-bond acceptors (Lipinski definition) is 5. The van der Waals surface area contributed by atoms with E-state index in [1.807, 2.05) is 0 Å². The average molecular weight is 551 g/mol. The summed E-state index contributed by atoms with van der Waals surface area (Å²) >= 11 is 0. The van der Waals surface area contributed by atoms with Gasteiger partial charge in [-0.15, -0.1) is 0 Å². The first-order valence-electron chi connectivity index (χ1n) is 16.1. The van der Waals surface area contributed by atoms with Gasteiger partial charge in [-0.25, -0.2) is 4.79 Å². The molecule has 0 bridgehead atoms. The molecular formula is C33H58O6. The number of benzene rings is 1. The number of carboxylic acids is 1. The van der Waals surface area contributed by atoms with E-state index in [1.165, 1.54) is 64.2 Å². The van der Waals surface area contributed by atoms with E-state index in [9.17, 15) is 20.1 Å². The Hall–Kier alpha value is -2.11. The lowest BCUT2D eigenvalue weighted by Gasteiger charge is -2.21. The predicted octanol–water partition coefficient (Wildman–Crippen LogP) is 9.96. The van der Waals surface area contributed by atoms with Crippen LogP contribution in [-0.2, 0) is 6.42 Å². The number of hydrogen-bond donors (Lipinski definition) is 3. The Morgan fingerprint density at radius 3 is 1.36 bits per heavy atom. The zero-order valence-corrected chi connectivity index (χ0v) is 25.3. The van der Waals surface area contributed by atoms with Crippen molar-refractivity contribution >= 4 is 5.97 Å². The van der Waals surface area contributed by atoms with Crippen molar-refractivity contribution in [2.75, 3.05) is 13.2 Å². The van der Waals surface area contributed by atoms with Crippen molar-refractivity contribution in [3.8, 4) is 23.0 Å². The maximum Gasteiger partial charge on any atom is 0.340 e. The van der Waals surface area contributed by atoms with Gasteiger partial charge in [0.2, 0.25) is 11.5 Å². The van der Waals surface area contributed by atoms with Crippen LogP contribution in [0.2, 0.25) is 0 Å². The summed E-state index contributed by atoms with van der Waals surface area (Å²) in [6, 6.07) is 0. The lowest BCUT2D eigenvalue weighted by atomic mass is 9.97. The smallest absolute Gasteiger partial charge is 0.340 e. The summed E-state index contributed by atoms with van der Waals surface area (Å²) in [6.07, 6.45) is 23.0. The lowest BCUT2D eigenvalue weighted by molar-refractivity contribution is 0.0690. The number of carbonyl (C=O) groups is 1. The van der Waals surface area contributed by atoms with Crippen LogP contribution in [0.25, 0.3) is 0 Å². The van der Waals surface area contributed by atoms with E-state index < -0.39 is 17.5 Å². The molecular weight excluding hydrogens is 492 g/mol. The van der Waals surface area contributed by atoms with Crippen LogP contribution in [-0.4, -0.2) is 34.5 Å². The number of carboxylic acid groups (broad SMARTS) is 1. The molecule has 0 fully saturated rings. The molecule has 0 aromatic heterocycles. The van der Waals surface area contributed by atoms with Gasteiger partial charge < -0.3 is 24.8 Å². The maximum atomic E-state index is 12.1. The fraction of sp³-hybridized carbons (Fsp3) is 0.788. The first-order valence-corrected chi connectivity index (χ1v) is 16.1. The second-order valence-electron chi connectivity index (χ2n) is 11.0. The summed E-state index contributed by atoms with van der Waals surface area (Å²) in [4.78, 5) is 12.1. The van der Waals surface area contributed by atoms with Crippen molar-refractivity contribution in [1.82, 2.24) is 0 Å². The molecule has 0 spiro atoms. The Bertz CT molecular complexity index is 776. The second-order valence-corrected chi connectivity index (χ2v) is 11.0. The van der Waals surface area contributed by atoms with E-state index in [0.717, 1.165) is 64.2 Å². The van der Waals surface area contributed by atoms with Crippen molar-refractivity contribution in [1.29, 1.82) is 0 Å². The van der Waals surface area contributed by atoms with Crippen LogP contribution in [0.5, 0.6) is 23.0 Å². The molecule has 0 unspecified atom stereocenters. The van der Waals surface area contributed by atoms with Crippen LogP contribution >= 0.6 is 0 Å². The van der Waals surface area contributed by atoms with E-state index in [1.54, 1.807) is 0 Å². The highest BCUT2D eigenvalue weighted by molar-refractivity contribution is 5.96. The van der Waals surface area contributed by atoms with E-state index in [4.69, 9.17) is 9.47 Å². The minimum atomic E-state index is -1.26. The Morgan fingerprint density at radius 2 is 0.923 bits per heavy atom. The number of aromatic carboxylic acids is 1. The molecule has 0 aliphatic heterocycles. The molecule has 0 saturated heterocycles. The van der Waals surface area contributed by atoms with Crippen molar-refractivity contribution in [2.24, 2.45) is 0 Å². The summed E-state index contributed by atoms with van der Waals surface area (Å²) < 4.78 is 12.2. The van der Waals surface area contributed by atoms with E-state index in [2.05, 4.69) is 20.8 Å². The zero-order chi connectivity index (χ0) is 28.7. The monoisotopic (exact) mass is 550 g/mol. The molecule has 1 rings (SSSR count). The van der Waals surface area contributed by atoms with Crippen molar-refractivity contribution in [3.63, 3.8) is 0 Å². The van der Waals surface area contributed by atoms with Gasteiger partial charge in [0.1, 0.15) is 5.56 Å². The highest BCUT2D eigenvalue weighted by Crippen LogP contribution is 2.49. The summed E-state index contributed by atoms with van der Waals surface area (Å²) in [5.74, 6) is -2.04. The summed E-state index contributed by atoms with van der Waals surface area (Å²) in [6.45, 7) is 7.38. The Kier molecular flexibility index (Phi) is 20.3. The normalized spacial score (nSPS) is 11.2. The van der Waals surface area contributed by atoms with Crippen LogP contribution in [0, 0.1) is 0 Å². The highest BCUT2D eigenvalue weighted by atomic mass is 16.5. The highest BCUT2D eigenvalue weighted by Gasteiger charge is 2.29. The van der Waals surface area contributed by atoms with Crippen molar-refractivity contribution in [3.05, 3.63) is 11.1 Å². The van der Waals surface area contributed by atoms with E-state index in [0.29, 0.717) is 30.9 Å². The van der Waals surface area contributed by atoms with Gasteiger partial charge in [-0.3, -0.25) is 0 Å². The van der Waals surface area contributed by atoms with Gasteiger partial charge in [-0.2, -0.15) is 0 Å². The third-order valence-corrected chi connectivity index (χ3v) is 7.44. The Balaban J connectivity index is 2.90. The van der Waals surface area contributed by atoms with Gasteiger partial charge in [0, 0.05) is 5.56 Å². The maximum absolute atomic E-state index is 12.1. The molecule has 6 nitrogen and oxygen atoms in total. The zero-order valence-electron chi connectivity index (χ0n) is 25.3. The topological polar surface area (TPSA) is 96.2 Å². The quantitative estimate of drug-likeness (QED) is 0.0784. The molecule has 0 aliphatic rings. The first kappa shape index (κ1) is 34.9. The van der Waals surface area contributed by atoms with Crippen LogP contribution in [0.4, 0.5) is 0 Å². The molecule has 1 aromatic carbocycles. The fourth-order valence-electron chi connectivity index (χ4n) is 5.03. The fourth-order valence-corrected chi connectivity index (χ4v) is 5.03. The van der Waals surface area contributed by atoms with Crippen molar-refractivity contribution in [2.45, 2.75) is 156 Å². The third kappa shape index (κ3) is 14.2. The van der Waals surface area contributed by atoms with Gasteiger partial charge in [0.25, 0.3) is 0 Å². The third-order valence-electron chi connectivity index (χ3n) is 7.44. The van der Waals surface area contributed by atoms with Crippen LogP contribution in [0.1, 0.15) is 165 Å². The molecule has 0 saturated carbocycles. The molecule has 1 aromatic rings. The predicted molar refractivity (Wildman–Crippen MR) is 161 cm³/mol. The van der Waals surface area contributed by atoms with Crippen LogP contribution in [0.15, 0.2) is 0 Å². The van der Waals surface area contributed by atoms with Gasteiger partial charge in [-0.1, -0.05) is 130 Å². The first-order chi connectivity index (χ1) is 19.0. The summed E-state index contributed by atoms with van der Waals surface area (Å²) in [5.41, 5.74) is 0.161. The van der Waals surface area contributed by atoms with Gasteiger partial charge in [-0.05, 0) is 25.7 Å². The summed E-state index contributed by atoms with van der Waals surface area (Å²) in [7, 11) is 0. The van der Waals surface area contributed by atoms with Gasteiger partial charge in [0.15, 0.2) is 11.5 Å². The average Bonchev–Trinajstić information content (AvgIpc) is 2.92. The molecule has 226 valence electrons. The number of aromatic hydroxyl groups is 2. The molecule has 0 amide bonds. The van der Waals surface area contributed by atoms with Crippen LogP contribution in [0.3, 0.4) is 0 Å². The number of rotatable bonds is 26. The Labute approximate surface area is 238 Å². The van der Waals surface area contributed by atoms with Crippen molar-refractivity contribution < 1.29 is 29.6 Å². The second kappa shape index (κ2) is 22.7. The van der Waals surface area contributed by atoms with Crippen LogP contribution < -0.4 is 9.47 Å². The minimum Gasteiger partial charge on any atom is -0.504 e. The molecule has 6 heteroatoms. The lowest BCUT2D eigenvalue weighted by Crippen LogP contribution is -2.11. The Morgan fingerprint density at radius 1 is 0.538 bits per heavy atom. The molecule has 3 N–H and O–H groups in total. The molecule has 0 radical (unpaired) electrons.